The van der Waals surface area contributed by atoms with Crippen LogP contribution in [0.5, 0.6) is 5.75 Å². The van der Waals surface area contributed by atoms with Gasteiger partial charge in [-0.25, -0.2) is 9.18 Å². The van der Waals surface area contributed by atoms with Crippen molar-refractivity contribution in [3.8, 4) is 5.75 Å². The summed E-state index contributed by atoms with van der Waals surface area (Å²) < 4.78 is 17.0. The van der Waals surface area contributed by atoms with Crippen LogP contribution in [0.1, 0.15) is 0 Å². The average molecular weight is 209 g/mol. The first-order valence-electron chi connectivity index (χ1n) is 2.92. The van der Waals surface area contributed by atoms with E-state index < -0.39 is 11.2 Å². The second-order valence-corrected chi connectivity index (χ2v) is 2.66. The molecule has 0 saturated heterocycles. The van der Waals surface area contributed by atoms with Gasteiger partial charge in [-0.05, 0) is 12.1 Å². The summed E-state index contributed by atoms with van der Waals surface area (Å²) in [4.78, 5) is 10.2. The lowest BCUT2D eigenvalue weighted by molar-refractivity contribution is 0.223. The van der Waals surface area contributed by atoms with Gasteiger partial charge < -0.3 is 4.74 Å². The zero-order chi connectivity index (χ0) is 9.14. The molecule has 0 heterocycles. The molecule has 0 bridgehead atoms. The number of hydrogen-bond acceptors (Lipinski definition) is 2. The molecule has 0 atom stereocenters. The first-order valence-corrected chi connectivity index (χ1v) is 3.67. The fraction of sp³-hybridized carbons (Fsp3) is 0. The van der Waals surface area contributed by atoms with Gasteiger partial charge in [0, 0.05) is 22.7 Å². The zero-order valence-electron chi connectivity index (χ0n) is 5.68. The molecule has 0 aliphatic rings. The maximum absolute atomic E-state index is 12.7. The lowest BCUT2D eigenvalue weighted by Gasteiger charge is -2.00. The predicted molar refractivity (Wildman–Crippen MR) is 43.3 cm³/mol. The summed E-state index contributed by atoms with van der Waals surface area (Å²) in [6.07, 6.45) is 0. The summed E-state index contributed by atoms with van der Waals surface area (Å²) >= 11 is 10.4. The normalized spacial score (nSPS) is 9.58. The number of carbonyl (C=O) groups excluding carboxylic acids is 1. The molecule has 0 N–H and O–H groups in total. The molecule has 1 rings (SSSR count). The van der Waals surface area contributed by atoms with E-state index in [1.807, 2.05) is 0 Å². The highest BCUT2D eigenvalue weighted by Crippen LogP contribution is 2.22. The molecule has 1 aromatic carbocycles. The minimum Gasteiger partial charge on any atom is -0.411 e. The van der Waals surface area contributed by atoms with Crippen molar-refractivity contribution in [1.82, 2.24) is 0 Å². The van der Waals surface area contributed by atoms with E-state index >= 15 is 0 Å². The number of halogens is 3. The van der Waals surface area contributed by atoms with E-state index in [1.54, 1.807) is 0 Å². The van der Waals surface area contributed by atoms with Crippen LogP contribution in [-0.4, -0.2) is 5.43 Å². The van der Waals surface area contributed by atoms with Gasteiger partial charge in [-0.15, -0.1) is 0 Å². The SMILES string of the molecule is O=C(Cl)Oc1cc(Cl)ccc1F. The average Bonchev–Trinajstić information content (AvgIpc) is 1.96. The number of hydrogen-bond donors (Lipinski definition) is 0. The Hall–Kier alpha value is -0.800. The molecule has 12 heavy (non-hydrogen) atoms. The Morgan fingerprint density at radius 1 is 1.50 bits per heavy atom. The van der Waals surface area contributed by atoms with Crippen LogP contribution in [0, 0.1) is 5.82 Å². The van der Waals surface area contributed by atoms with Gasteiger partial charge >= 0.3 is 5.43 Å². The molecule has 1 aromatic rings. The molecule has 64 valence electrons. The van der Waals surface area contributed by atoms with E-state index in [4.69, 9.17) is 23.2 Å². The van der Waals surface area contributed by atoms with Gasteiger partial charge in [0.05, 0.1) is 0 Å². The standard InChI is InChI=1S/C7H3Cl2FO2/c8-4-1-2-5(10)6(3-4)12-7(9)11/h1-3H. The van der Waals surface area contributed by atoms with Gasteiger partial charge in [-0.1, -0.05) is 11.6 Å². The van der Waals surface area contributed by atoms with Gasteiger partial charge in [-0.2, -0.15) is 0 Å². The molecule has 0 saturated carbocycles. The maximum Gasteiger partial charge on any atom is 0.409 e. The zero-order valence-corrected chi connectivity index (χ0v) is 7.19. The van der Waals surface area contributed by atoms with E-state index in [0.717, 1.165) is 12.1 Å². The largest absolute Gasteiger partial charge is 0.411 e. The van der Waals surface area contributed by atoms with Gasteiger partial charge in [0.1, 0.15) is 0 Å². The Bertz CT molecular complexity index is 314. The summed E-state index contributed by atoms with van der Waals surface area (Å²) in [6.45, 7) is 0. The monoisotopic (exact) mass is 208 g/mol. The van der Waals surface area contributed by atoms with Crippen LogP contribution in [0.3, 0.4) is 0 Å². The smallest absolute Gasteiger partial charge is 0.409 e. The summed E-state index contributed by atoms with van der Waals surface area (Å²) in [7, 11) is 0. The van der Waals surface area contributed by atoms with Crippen molar-refractivity contribution in [1.29, 1.82) is 0 Å². The Morgan fingerprint density at radius 3 is 2.75 bits per heavy atom. The van der Waals surface area contributed by atoms with Crippen LogP contribution in [0.15, 0.2) is 18.2 Å². The third-order valence-corrected chi connectivity index (χ3v) is 1.40. The fourth-order valence-corrected chi connectivity index (χ4v) is 0.887. The van der Waals surface area contributed by atoms with Crippen molar-refractivity contribution < 1.29 is 13.9 Å². The van der Waals surface area contributed by atoms with Crippen molar-refractivity contribution >= 4 is 28.6 Å². The van der Waals surface area contributed by atoms with Crippen LogP contribution in [-0.2, 0) is 0 Å². The van der Waals surface area contributed by atoms with Crippen LogP contribution in [0.4, 0.5) is 9.18 Å². The highest BCUT2D eigenvalue weighted by molar-refractivity contribution is 6.61. The Balaban J connectivity index is 2.97. The molecule has 2 nitrogen and oxygen atoms in total. The van der Waals surface area contributed by atoms with Crippen LogP contribution in [0.25, 0.3) is 0 Å². The third kappa shape index (κ3) is 2.36. The highest BCUT2D eigenvalue weighted by Gasteiger charge is 2.06. The van der Waals surface area contributed by atoms with Crippen molar-refractivity contribution in [3.05, 3.63) is 29.0 Å². The second kappa shape index (κ2) is 3.74. The summed E-state index contributed by atoms with van der Waals surface area (Å²) in [5.41, 5.74) is -1.10. The van der Waals surface area contributed by atoms with Crippen molar-refractivity contribution in [3.63, 3.8) is 0 Å². The number of ether oxygens (including phenoxy) is 1. The molecule has 0 aromatic heterocycles. The summed E-state index contributed by atoms with van der Waals surface area (Å²) in [5.74, 6) is -0.962. The van der Waals surface area contributed by atoms with E-state index in [1.165, 1.54) is 6.07 Å². The van der Waals surface area contributed by atoms with Crippen LogP contribution in [0.2, 0.25) is 5.02 Å². The van der Waals surface area contributed by atoms with E-state index in [9.17, 15) is 9.18 Å². The molecule has 5 heteroatoms. The quantitative estimate of drug-likeness (QED) is 0.663. The second-order valence-electron chi connectivity index (χ2n) is 1.91. The van der Waals surface area contributed by atoms with Gasteiger partial charge in [-0.3, -0.25) is 0 Å². The molecule has 0 aliphatic carbocycles. The van der Waals surface area contributed by atoms with E-state index in [2.05, 4.69) is 4.74 Å². The maximum atomic E-state index is 12.7. The molecular weight excluding hydrogens is 206 g/mol. The van der Waals surface area contributed by atoms with Gasteiger partial charge in [0.15, 0.2) is 11.6 Å². The van der Waals surface area contributed by atoms with Crippen LogP contribution >= 0.6 is 23.2 Å². The van der Waals surface area contributed by atoms with Crippen molar-refractivity contribution in [2.24, 2.45) is 0 Å². The molecular formula is C7H3Cl2FO2. The molecule has 0 fully saturated rings. The number of carbonyl (C=O) groups is 1. The summed E-state index contributed by atoms with van der Waals surface area (Å²) in [6, 6.07) is 3.58. The van der Waals surface area contributed by atoms with Crippen LogP contribution < -0.4 is 4.74 Å². The number of rotatable bonds is 1. The Labute approximate surface area is 77.8 Å². The highest BCUT2D eigenvalue weighted by atomic mass is 35.5. The topological polar surface area (TPSA) is 26.3 Å². The van der Waals surface area contributed by atoms with Gasteiger partial charge in [0.2, 0.25) is 0 Å². The van der Waals surface area contributed by atoms with E-state index in [0.29, 0.717) is 0 Å². The molecule has 0 spiro atoms. The molecule has 0 aliphatic heterocycles. The number of benzene rings is 1. The van der Waals surface area contributed by atoms with E-state index in [-0.39, 0.29) is 10.8 Å². The third-order valence-electron chi connectivity index (χ3n) is 1.08. The minimum atomic E-state index is -1.10. The van der Waals surface area contributed by atoms with Gasteiger partial charge in [0.25, 0.3) is 0 Å². The lowest BCUT2D eigenvalue weighted by Crippen LogP contribution is -1.98. The Kier molecular flexibility index (Phi) is 2.89. The Morgan fingerprint density at radius 2 is 2.17 bits per heavy atom. The van der Waals surface area contributed by atoms with Crippen molar-refractivity contribution in [2.75, 3.05) is 0 Å². The molecule has 0 radical (unpaired) electrons. The fourth-order valence-electron chi connectivity index (χ4n) is 0.642. The first kappa shape index (κ1) is 9.29. The minimum absolute atomic E-state index is 0.268. The van der Waals surface area contributed by atoms with Crippen molar-refractivity contribution in [2.45, 2.75) is 0 Å². The predicted octanol–water partition coefficient (Wildman–Crippen LogP) is 3.22. The molecule has 0 unspecified atom stereocenters. The molecule has 0 amide bonds. The lowest BCUT2D eigenvalue weighted by atomic mass is 10.3. The first-order chi connectivity index (χ1) is 5.59. The summed E-state index contributed by atoms with van der Waals surface area (Å²) in [5, 5.41) is 0.268.